The van der Waals surface area contributed by atoms with E-state index in [1.165, 1.54) is 11.3 Å². The minimum Gasteiger partial charge on any atom is -0.337 e. The van der Waals surface area contributed by atoms with Crippen LogP contribution < -0.4 is 5.32 Å². The zero-order valence-electron chi connectivity index (χ0n) is 15.2. The Balaban J connectivity index is 1.60. The number of amides is 1. The summed E-state index contributed by atoms with van der Waals surface area (Å²) in [5.74, 6) is 0.689. The molecule has 0 radical (unpaired) electrons. The van der Waals surface area contributed by atoms with Crippen LogP contribution in [0.4, 0.5) is 0 Å². The van der Waals surface area contributed by atoms with Gasteiger partial charge in [0.05, 0.1) is 4.88 Å². The van der Waals surface area contributed by atoms with Gasteiger partial charge in [0.15, 0.2) is 0 Å². The van der Waals surface area contributed by atoms with Crippen molar-refractivity contribution in [3.63, 3.8) is 0 Å². The summed E-state index contributed by atoms with van der Waals surface area (Å²) in [5.41, 5.74) is 2.09. The van der Waals surface area contributed by atoms with Crippen molar-refractivity contribution in [1.29, 1.82) is 0 Å². The largest absolute Gasteiger partial charge is 0.337 e. The lowest BCUT2D eigenvalue weighted by molar-refractivity contribution is 0.0945. The number of rotatable bonds is 5. The summed E-state index contributed by atoms with van der Waals surface area (Å²) in [7, 11) is 1.93. The molecule has 1 atom stereocenters. The van der Waals surface area contributed by atoms with Gasteiger partial charge in [0.25, 0.3) is 5.91 Å². The van der Waals surface area contributed by atoms with Crippen LogP contribution in [0, 0.1) is 0 Å². The Morgan fingerprint density at radius 2 is 1.82 bits per heavy atom. The highest BCUT2D eigenvalue weighted by Gasteiger charge is 2.22. The highest BCUT2D eigenvalue weighted by atomic mass is 79.9. The standard InChI is InChI=1S/C22H18BrN3OS/c1-26-14-13-24-21(26)20(16-5-3-2-4-6-16)25-22(27)19-12-11-18(28-19)15-7-9-17(23)10-8-15/h2-14,20H,1H3,(H,25,27). The molecule has 1 N–H and O–H groups in total. The molecule has 0 saturated carbocycles. The van der Waals surface area contributed by atoms with Crippen LogP contribution in [-0.4, -0.2) is 15.5 Å². The van der Waals surface area contributed by atoms with Crippen LogP contribution in [0.1, 0.15) is 27.1 Å². The van der Waals surface area contributed by atoms with Gasteiger partial charge in [-0.15, -0.1) is 11.3 Å². The minimum absolute atomic E-state index is 0.106. The first-order chi connectivity index (χ1) is 13.6. The fourth-order valence-electron chi connectivity index (χ4n) is 3.03. The lowest BCUT2D eigenvalue weighted by Gasteiger charge is -2.18. The lowest BCUT2D eigenvalue weighted by atomic mass is 10.1. The normalized spacial score (nSPS) is 11.9. The molecule has 28 heavy (non-hydrogen) atoms. The van der Waals surface area contributed by atoms with E-state index < -0.39 is 0 Å². The van der Waals surface area contributed by atoms with Gasteiger partial charge in [-0.2, -0.15) is 0 Å². The molecule has 1 unspecified atom stereocenters. The first-order valence-corrected chi connectivity index (χ1v) is 10.4. The predicted molar refractivity (Wildman–Crippen MR) is 116 cm³/mol. The summed E-state index contributed by atoms with van der Waals surface area (Å²) in [6.45, 7) is 0. The highest BCUT2D eigenvalue weighted by Crippen LogP contribution is 2.30. The molecule has 1 amide bonds. The third-order valence-corrected chi connectivity index (χ3v) is 6.15. The van der Waals surface area contributed by atoms with E-state index in [-0.39, 0.29) is 11.9 Å². The number of aryl methyl sites for hydroxylation is 1. The number of benzene rings is 2. The summed E-state index contributed by atoms with van der Waals surface area (Å²) in [6, 6.07) is 21.5. The fraction of sp³-hybridized carbons (Fsp3) is 0.0909. The quantitative estimate of drug-likeness (QED) is 0.439. The second kappa shape index (κ2) is 8.12. The summed E-state index contributed by atoms with van der Waals surface area (Å²) >= 11 is 4.94. The molecule has 4 rings (SSSR count). The number of carbonyl (C=O) groups is 1. The molecule has 0 aliphatic carbocycles. The van der Waals surface area contributed by atoms with E-state index in [2.05, 4.69) is 26.2 Å². The average Bonchev–Trinajstić information content (AvgIpc) is 3.37. The van der Waals surface area contributed by atoms with Gasteiger partial charge in [-0.3, -0.25) is 4.79 Å². The van der Waals surface area contributed by atoms with E-state index in [0.717, 1.165) is 26.3 Å². The molecule has 6 heteroatoms. The van der Waals surface area contributed by atoms with Gasteiger partial charge in [-0.05, 0) is 35.4 Å². The SMILES string of the molecule is Cn1ccnc1C(NC(=O)c1ccc(-c2ccc(Br)cc2)s1)c1ccccc1. The second-order valence-corrected chi connectivity index (χ2v) is 8.38. The van der Waals surface area contributed by atoms with Crippen molar-refractivity contribution in [2.75, 3.05) is 0 Å². The van der Waals surface area contributed by atoms with E-state index in [0.29, 0.717) is 4.88 Å². The molecular weight excluding hydrogens is 434 g/mol. The Morgan fingerprint density at radius 1 is 1.07 bits per heavy atom. The van der Waals surface area contributed by atoms with Gasteiger partial charge < -0.3 is 9.88 Å². The van der Waals surface area contributed by atoms with Crippen LogP contribution in [0.3, 0.4) is 0 Å². The Labute approximate surface area is 176 Å². The monoisotopic (exact) mass is 451 g/mol. The molecule has 2 aromatic heterocycles. The first kappa shape index (κ1) is 18.7. The zero-order chi connectivity index (χ0) is 19.5. The molecule has 2 aromatic carbocycles. The zero-order valence-corrected chi connectivity index (χ0v) is 17.6. The van der Waals surface area contributed by atoms with Crippen molar-refractivity contribution >= 4 is 33.2 Å². The van der Waals surface area contributed by atoms with Gasteiger partial charge >= 0.3 is 0 Å². The molecule has 0 aliphatic rings. The van der Waals surface area contributed by atoms with Gasteiger partial charge in [0.2, 0.25) is 0 Å². The highest BCUT2D eigenvalue weighted by molar-refractivity contribution is 9.10. The Hall–Kier alpha value is -2.70. The summed E-state index contributed by atoms with van der Waals surface area (Å²) < 4.78 is 2.96. The number of nitrogens with zero attached hydrogens (tertiary/aromatic N) is 2. The van der Waals surface area contributed by atoms with Crippen LogP contribution in [0.5, 0.6) is 0 Å². The fourth-order valence-corrected chi connectivity index (χ4v) is 4.21. The third kappa shape index (κ3) is 3.93. The number of nitrogens with one attached hydrogen (secondary N) is 1. The number of hydrogen-bond acceptors (Lipinski definition) is 3. The van der Waals surface area contributed by atoms with Crippen LogP contribution in [-0.2, 0) is 7.05 Å². The molecule has 0 fully saturated rings. The third-order valence-electron chi connectivity index (χ3n) is 4.48. The van der Waals surface area contributed by atoms with Crippen molar-refractivity contribution in [3.8, 4) is 10.4 Å². The van der Waals surface area contributed by atoms with E-state index >= 15 is 0 Å². The van der Waals surface area contributed by atoms with Gasteiger partial charge in [-0.1, -0.05) is 58.4 Å². The molecule has 140 valence electrons. The lowest BCUT2D eigenvalue weighted by Crippen LogP contribution is -2.30. The van der Waals surface area contributed by atoms with Gasteiger partial charge in [0, 0.05) is 28.8 Å². The summed E-state index contributed by atoms with van der Waals surface area (Å²) in [5, 5.41) is 3.15. The maximum absolute atomic E-state index is 13.0. The predicted octanol–water partition coefficient (Wildman–Crippen LogP) is 5.43. The maximum Gasteiger partial charge on any atom is 0.262 e. The topological polar surface area (TPSA) is 46.9 Å². The van der Waals surface area contributed by atoms with E-state index in [4.69, 9.17) is 0 Å². The van der Waals surface area contributed by atoms with Crippen LogP contribution >= 0.6 is 27.3 Å². The van der Waals surface area contributed by atoms with Gasteiger partial charge in [-0.25, -0.2) is 4.98 Å². The Kier molecular flexibility index (Phi) is 5.41. The number of carbonyl (C=O) groups excluding carboxylic acids is 1. The van der Waals surface area contributed by atoms with E-state index in [9.17, 15) is 4.79 Å². The molecule has 0 saturated heterocycles. The number of hydrogen-bond donors (Lipinski definition) is 1. The number of thiophene rings is 1. The van der Waals surface area contributed by atoms with Crippen molar-refractivity contribution in [2.24, 2.45) is 7.05 Å². The van der Waals surface area contributed by atoms with E-state index in [1.54, 1.807) is 6.20 Å². The molecule has 4 aromatic rings. The van der Waals surface area contributed by atoms with E-state index in [1.807, 2.05) is 84.5 Å². The summed E-state index contributed by atoms with van der Waals surface area (Å²) in [6.07, 6.45) is 3.63. The van der Waals surface area contributed by atoms with Crippen molar-refractivity contribution in [3.05, 3.63) is 99.9 Å². The number of imidazole rings is 1. The van der Waals surface area contributed by atoms with Crippen molar-refractivity contribution in [2.45, 2.75) is 6.04 Å². The van der Waals surface area contributed by atoms with Crippen LogP contribution in [0.25, 0.3) is 10.4 Å². The number of aromatic nitrogens is 2. The second-order valence-electron chi connectivity index (χ2n) is 6.38. The molecule has 4 nitrogen and oxygen atoms in total. The Morgan fingerprint density at radius 3 is 2.50 bits per heavy atom. The summed E-state index contributed by atoms with van der Waals surface area (Å²) in [4.78, 5) is 19.2. The first-order valence-electron chi connectivity index (χ1n) is 8.80. The van der Waals surface area contributed by atoms with Crippen molar-refractivity contribution < 1.29 is 4.79 Å². The van der Waals surface area contributed by atoms with Crippen LogP contribution in [0.15, 0.2) is 83.6 Å². The molecule has 0 spiro atoms. The van der Waals surface area contributed by atoms with Crippen LogP contribution in [0.2, 0.25) is 0 Å². The smallest absolute Gasteiger partial charge is 0.262 e. The average molecular weight is 452 g/mol. The molecule has 0 bridgehead atoms. The Bertz CT molecular complexity index is 1090. The van der Waals surface area contributed by atoms with Crippen molar-refractivity contribution in [1.82, 2.24) is 14.9 Å². The maximum atomic E-state index is 13.0. The molecule has 0 aliphatic heterocycles. The minimum atomic E-state index is -0.313. The molecule has 2 heterocycles. The molecular formula is C22H18BrN3OS. The number of halogens is 1. The van der Waals surface area contributed by atoms with Gasteiger partial charge in [0.1, 0.15) is 11.9 Å².